The lowest BCUT2D eigenvalue weighted by atomic mass is 9.84. The van der Waals surface area contributed by atoms with Gasteiger partial charge in [0.25, 0.3) is 0 Å². The Bertz CT molecular complexity index is 1460. The molecule has 1 saturated carbocycles. The lowest BCUT2D eigenvalue weighted by molar-refractivity contribution is -0.122. The molecule has 3 heterocycles. The normalized spacial score (nSPS) is 14.4. The van der Waals surface area contributed by atoms with Gasteiger partial charge in [0.05, 0.1) is 0 Å². The number of hydrogen-bond acceptors (Lipinski definition) is 7. The van der Waals surface area contributed by atoms with E-state index in [1.54, 1.807) is 30.7 Å². The SMILES string of the molecule is Cc1nccn1-c1cc(N[C@H](CC2CCCCC2)C(=O)NCc2ccc(Cl)cc2Cl)nc(NCc2cccnc2)n1. The number of pyridine rings is 1. The average Bonchev–Trinajstić information content (AvgIpc) is 3.42. The van der Waals surface area contributed by atoms with Crippen molar-refractivity contribution >= 4 is 40.9 Å². The quantitative estimate of drug-likeness (QED) is 0.186. The van der Waals surface area contributed by atoms with E-state index in [9.17, 15) is 4.79 Å². The number of anilines is 2. The van der Waals surface area contributed by atoms with E-state index in [2.05, 4.69) is 25.9 Å². The predicted octanol–water partition coefficient (Wildman–Crippen LogP) is 6.35. The number of aryl methyl sites for hydroxylation is 1. The van der Waals surface area contributed by atoms with Gasteiger partial charge in [0.2, 0.25) is 11.9 Å². The molecule has 214 valence electrons. The third-order valence-corrected chi connectivity index (χ3v) is 7.95. The summed E-state index contributed by atoms with van der Waals surface area (Å²) in [6.07, 6.45) is 13.7. The average molecular weight is 594 g/mol. The summed E-state index contributed by atoms with van der Waals surface area (Å²) < 4.78 is 1.89. The fourth-order valence-electron chi connectivity index (χ4n) is 5.15. The lowest BCUT2D eigenvalue weighted by Gasteiger charge is -2.27. The molecular formula is C30H34Cl2N8O. The fraction of sp³-hybridized carbons (Fsp3) is 0.367. The first-order valence-corrected chi connectivity index (χ1v) is 14.7. The summed E-state index contributed by atoms with van der Waals surface area (Å²) in [4.78, 5) is 31.6. The van der Waals surface area contributed by atoms with Crippen molar-refractivity contribution < 1.29 is 4.79 Å². The van der Waals surface area contributed by atoms with Crippen molar-refractivity contribution in [2.75, 3.05) is 10.6 Å². The largest absolute Gasteiger partial charge is 0.358 e. The molecule has 1 aromatic carbocycles. The molecular weight excluding hydrogens is 559 g/mol. The van der Waals surface area contributed by atoms with Gasteiger partial charge in [-0.25, -0.2) is 4.98 Å². The Kier molecular flexibility index (Phi) is 9.69. The Balaban J connectivity index is 1.39. The van der Waals surface area contributed by atoms with E-state index in [0.717, 1.165) is 29.8 Å². The van der Waals surface area contributed by atoms with Gasteiger partial charge in [-0.3, -0.25) is 14.3 Å². The van der Waals surface area contributed by atoms with Crippen molar-refractivity contribution in [2.45, 2.75) is 64.6 Å². The molecule has 0 bridgehead atoms. The number of carbonyl (C=O) groups excluding carboxylic acids is 1. The van der Waals surface area contributed by atoms with Gasteiger partial charge in [-0.1, -0.05) is 67.4 Å². The van der Waals surface area contributed by atoms with Crippen molar-refractivity contribution in [1.82, 2.24) is 29.8 Å². The van der Waals surface area contributed by atoms with E-state index < -0.39 is 6.04 Å². The number of carbonyl (C=O) groups is 1. The number of benzene rings is 1. The first-order chi connectivity index (χ1) is 19.9. The van der Waals surface area contributed by atoms with Gasteiger partial charge in [0.1, 0.15) is 23.5 Å². The summed E-state index contributed by atoms with van der Waals surface area (Å²) in [5.74, 6) is 2.79. The minimum Gasteiger partial charge on any atom is -0.358 e. The zero-order valence-electron chi connectivity index (χ0n) is 23.0. The molecule has 0 radical (unpaired) electrons. The van der Waals surface area contributed by atoms with E-state index in [1.165, 1.54) is 19.3 Å². The van der Waals surface area contributed by atoms with E-state index in [0.29, 0.717) is 53.1 Å². The maximum Gasteiger partial charge on any atom is 0.242 e. The summed E-state index contributed by atoms with van der Waals surface area (Å²) in [6, 6.07) is 10.5. The third-order valence-electron chi connectivity index (χ3n) is 7.36. The summed E-state index contributed by atoms with van der Waals surface area (Å²) in [7, 11) is 0. The molecule has 3 N–H and O–H groups in total. The highest BCUT2D eigenvalue weighted by Gasteiger charge is 2.25. The summed E-state index contributed by atoms with van der Waals surface area (Å²) in [5.41, 5.74) is 1.81. The molecule has 0 aliphatic heterocycles. The Hall–Kier alpha value is -3.69. The number of nitrogens with zero attached hydrogens (tertiary/aromatic N) is 5. The Morgan fingerprint density at radius 2 is 1.93 bits per heavy atom. The van der Waals surface area contributed by atoms with Gasteiger partial charge in [0.15, 0.2) is 0 Å². The molecule has 0 saturated heterocycles. The highest BCUT2D eigenvalue weighted by molar-refractivity contribution is 6.35. The highest BCUT2D eigenvalue weighted by atomic mass is 35.5. The van der Waals surface area contributed by atoms with Crippen LogP contribution >= 0.6 is 23.2 Å². The van der Waals surface area contributed by atoms with E-state index in [1.807, 2.05) is 42.0 Å². The number of hydrogen-bond donors (Lipinski definition) is 3. The Labute approximate surface area is 250 Å². The molecule has 3 aromatic heterocycles. The van der Waals surface area contributed by atoms with Crippen LogP contribution in [-0.2, 0) is 17.9 Å². The van der Waals surface area contributed by atoms with Crippen LogP contribution in [0, 0.1) is 12.8 Å². The maximum absolute atomic E-state index is 13.6. The smallest absolute Gasteiger partial charge is 0.242 e. The molecule has 1 atom stereocenters. The van der Waals surface area contributed by atoms with Crippen molar-refractivity contribution in [3.63, 3.8) is 0 Å². The van der Waals surface area contributed by atoms with Gasteiger partial charge in [-0.2, -0.15) is 9.97 Å². The van der Waals surface area contributed by atoms with Crippen LogP contribution < -0.4 is 16.0 Å². The summed E-state index contributed by atoms with van der Waals surface area (Å²) in [5, 5.41) is 10.9. The number of rotatable bonds is 11. The van der Waals surface area contributed by atoms with Crippen LogP contribution in [0.4, 0.5) is 11.8 Å². The third kappa shape index (κ3) is 7.95. The zero-order chi connectivity index (χ0) is 28.6. The molecule has 11 heteroatoms. The van der Waals surface area contributed by atoms with Crippen LogP contribution in [0.1, 0.15) is 55.5 Å². The predicted molar refractivity (Wildman–Crippen MR) is 162 cm³/mol. The fourth-order valence-corrected chi connectivity index (χ4v) is 5.63. The topological polar surface area (TPSA) is 110 Å². The second-order valence-corrected chi connectivity index (χ2v) is 11.2. The van der Waals surface area contributed by atoms with Gasteiger partial charge >= 0.3 is 0 Å². The molecule has 0 unspecified atom stereocenters. The Morgan fingerprint density at radius 3 is 2.66 bits per heavy atom. The standard InChI is InChI=1S/C30H34Cl2N8O/c1-20-34-12-13-40(20)28-16-27(38-30(39-28)36-18-22-8-5-11-33-17-22)37-26(14-21-6-3-2-4-7-21)29(41)35-19-23-9-10-24(31)15-25(23)32/h5,8-13,15-17,21,26H,2-4,6-7,14,18-19H2,1H3,(H,35,41)(H2,36,37,38,39)/t26-/m1/s1. The van der Waals surface area contributed by atoms with E-state index in [-0.39, 0.29) is 5.91 Å². The number of halogens is 2. The maximum atomic E-state index is 13.6. The molecule has 1 amide bonds. The van der Waals surface area contributed by atoms with Crippen molar-refractivity contribution in [3.05, 3.63) is 88.2 Å². The number of imidazole rings is 1. The second kappa shape index (κ2) is 13.8. The van der Waals surface area contributed by atoms with Gasteiger partial charge < -0.3 is 16.0 Å². The molecule has 5 rings (SSSR count). The monoisotopic (exact) mass is 592 g/mol. The molecule has 9 nitrogen and oxygen atoms in total. The highest BCUT2D eigenvalue weighted by Crippen LogP contribution is 2.29. The zero-order valence-corrected chi connectivity index (χ0v) is 24.5. The number of aromatic nitrogens is 5. The minimum absolute atomic E-state index is 0.106. The van der Waals surface area contributed by atoms with E-state index in [4.69, 9.17) is 33.2 Å². The van der Waals surface area contributed by atoms with E-state index >= 15 is 0 Å². The van der Waals surface area contributed by atoms with Crippen molar-refractivity contribution in [1.29, 1.82) is 0 Å². The molecule has 4 aromatic rings. The van der Waals surface area contributed by atoms with Crippen LogP contribution in [0.25, 0.3) is 5.82 Å². The molecule has 0 spiro atoms. The minimum atomic E-state index is -0.484. The number of amides is 1. The van der Waals surface area contributed by atoms with Crippen molar-refractivity contribution in [3.8, 4) is 5.82 Å². The van der Waals surface area contributed by atoms with Crippen LogP contribution in [-0.4, -0.2) is 36.5 Å². The van der Waals surface area contributed by atoms with Crippen LogP contribution in [0.5, 0.6) is 0 Å². The van der Waals surface area contributed by atoms with Gasteiger partial charge in [0, 0.05) is 54.0 Å². The summed E-state index contributed by atoms with van der Waals surface area (Å²) >= 11 is 12.4. The Morgan fingerprint density at radius 1 is 1.07 bits per heavy atom. The van der Waals surface area contributed by atoms with Crippen molar-refractivity contribution in [2.24, 2.45) is 5.92 Å². The molecule has 41 heavy (non-hydrogen) atoms. The van der Waals surface area contributed by atoms with Crippen LogP contribution in [0.15, 0.2) is 61.2 Å². The van der Waals surface area contributed by atoms with Gasteiger partial charge in [-0.05, 0) is 48.6 Å². The molecule has 1 aliphatic carbocycles. The molecule has 1 aliphatic rings. The summed E-state index contributed by atoms with van der Waals surface area (Å²) in [6.45, 7) is 2.73. The molecule has 1 fully saturated rings. The van der Waals surface area contributed by atoms with Crippen LogP contribution in [0.2, 0.25) is 10.0 Å². The lowest BCUT2D eigenvalue weighted by Crippen LogP contribution is -2.41. The van der Waals surface area contributed by atoms with Crippen LogP contribution in [0.3, 0.4) is 0 Å². The second-order valence-electron chi connectivity index (χ2n) is 10.4. The number of nitrogens with one attached hydrogen (secondary N) is 3. The first kappa shape index (κ1) is 28.8. The first-order valence-electron chi connectivity index (χ1n) is 13.9. The van der Waals surface area contributed by atoms with Gasteiger partial charge in [-0.15, -0.1) is 0 Å².